The third-order valence-electron chi connectivity index (χ3n) is 3.89. The molecule has 0 aliphatic carbocycles. The minimum atomic E-state index is -0.400. The second-order valence-electron chi connectivity index (χ2n) is 5.99. The fourth-order valence-corrected chi connectivity index (χ4v) is 2.56. The minimum absolute atomic E-state index is 0.191. The van der Waals surface area contributed by atoms with Crippen molar-refractivity contribution in [1.82, 2.24) is 15.6 Å². The Kier molecular flexibility index (Phi) is 7.62. The molecule has 0 aliphatic rings. The lowest BCUT2D eigenvalue weighted by Gasteiger charge is -2.15. The Morgan fingerprint density at radius 3 is 2.46 bits per heavy atom. The number of H-pyrrole nitrogens is 1. The van der Waals surface area contributed by atoms with Crippen LogP contribution in [-0.2, 0) is 4.79 Å². The van der Waals surface area contributed by atoms with Crippen LogP contribution in [0, 0.1) is 0 Å². The summed E-state index contributed by atoms with van der Waals surface area (Å²) in [6.07, 6.45) is 1.52. The zero-order chi connectivity index (χ0) is 20.5. The summed E-state index contributed by atoms with van der Waals surface area (Å²) in [6.45, 7) is 6.19. The molecule has 2 rings (SSSR count). The molecule has 28 heavy (non-hydrogen) atoms. The van der Waals surface area contributed by atoms with Gasteiger partial charge in [-0.2, -0.15) is 0 Å². The predicted molar refractivity (Wildman–Crippen MR) is 105 cm³/mol. The van der Waals surface area contributed by atoms with Crippen LogP contribution in [0.15, 0.2) is 41.3 Å². The molecule has 1 aromatic heterocycles. The highest BCUT2D eigenvalue weighted by Crippen LogP contribution is 2.28. The van der Waals surface area contributed by atoms with Crippen molar-refractivity contribution < 1.29 is 19.1 Å². The van der Waals surface area contributed by atoms with Crippen LogP contribution >= 0.6 is 0 Å². The molecule has 1 heterocycles. The van der Waals surface area contributed by atoms with Gasteiger partial charge in [-0.15, -0.1) is 0 Å². The smallest absolute Gasteiger partial charge is 0.251 e. The van der Waals surface area contributed by atoms with Gasteiger partial charge in [0.25, 0.3) is 5.91 Å². The first-order valence-corrected chi connectivity index (χ1v) is 9.10. The second-order valence-corrected chi connectivity index (χ2v) is 5.99. The third kappa shape index (κ3) is 5.87. The molecule has 0 bridgehead atoms. The van der Waals surface area contributed by atoms with E-state index in [0.717, 1.165) is 0 Å². The van der Waals surface area contributed by atoms with Gasteiger partial charge >= 0.3 is 0 Å². The summed E-state index contributed by atoms with van der Waals surface area (Å²) in [4.78, 5) is 38.3. The third-order valence-corrected chi connectivity index (χ3v) is 3.89. The molecule has 0 radical (unpaired) electrons. The number of benzene rings is 1. The maximum Gasteiger partial charge on any atom is 0.251 e. The van der Waals surface area contributed by atoms with E-state index in [1.807, 2.05) is 13.8 Å². The quantitative estimate of drug-likeness (QED) is 0.608. The minimum Gasteiger partial charge on any atom is -0.490 e. The lowest BCUT2D eigenvalue weighted by Crippen LogP contribution is -2.38. The molecule has 0 saturated carbocycles. The molecule has 8 heteroatoms. The molecule has 150 valence electrons. The van der Waals surface area contributed by atoms with Crippen LogP contribution in [0.25, 0.3) is 0 Å². The molecule has 1 unspecified atom stereocenters. The van der Waals surface area contributed by atoms with Gasteiger partial charge in [0.1, 0.15) is 0 Å². The SMILES string of the molecule is CCOc1ccc(C(=O)NCC(=O)NC(C)c2cc[nH]c(=O)c2)cc1OCC. The van der Waals surface area contributed by atoms with Crippen molar-refractivity contribution in [2.24, 2.45) is 0 Å². The summed E-state index contributed by atoms with van der Waals surface area (Å²) < 4.78 is 11.0. The van der Waals surface area contributed by atoms with Crippen molar-refractivity contribution in [2.75, 3.05) is 19.8 Å². The number of rotatable bonds is 9. The zero-order valence-electron chi connectivity index (χ0n) is 16.2. The van der Waals surface area contributed by atoms with Crippen LogP contribution < -0.4 is 25.7 Å². The number of amides is 2. The van der Waals surface area contributed by atoms with Crippen molar-refractivity contribution in [1.29, 1.82) is 0 Å². The number of ether oxygens (including phenoxy) is 2. The number of hydrogen-bond acceptors (Lipinski definition) is 5. The van der Waals surface area contributed by atoms with E-state index < -0.39 is 5.91 Å². The van der Waals surface area contributed by atoms with E-state index in [2.05, 4.69) is 15.6 Å². The molecule has 8 nitrogen and oxygen atoms in total. The summed E-state index contributed by atoms with van der Waals surface area (Å²) in [5.41, 5.74) is 0.797. The van der Waals surface area contributed by atoms with Crippen molar-refractivity contribution in [3.63, 3.8) is 0 Å². The Morgan fingerprint density at radius 1 is 1.07 bits per heavy atom. The van der Waals surface area contributed by atoms with Gasteiger partial charge in [0, 0.05) is 17.8 Å². The van der Waals surface area contributed by atoms with E-state index in [-0.39, 0.29) is 24.1 Å². The standard InChI is InChI=1S/C20H25N3O5/c1-4-27-16-7-6-15(10-17(16)28-5-2)20(26)22-12-19(25)23-13(3)14-8-9-21-18(24)11-14/h6-11,13H,4-5,12H2,1-3H3,(H,21,24)(H,22,26)(H,23,25). The first-order chi connectivity index (χ1) is 13.4. The lowest BCUT2D eigenvalue weighted by molar-refractivity contribution is -0.120. The molecule has 0 saturated heterocycles. The summed E-state index contributed by atoms with van der Waals surface area (Å²) >= 11 is 0. The van der Waals surface area contributed by atoms with Crippen LogP contribution in [0.4, 0.5) is 0 Å². The van der Waals surface area contributed by atoms with E-state index >= 15 is 0 Å². The maximum atomic E-state index is 12.3. The Balaban J connectivity index is 1.94. The molecule has 0 fully saturated rings. The van der Waals surface area contributed by atoms with Crippen molar-refractivity contribution in [3.05, 3.63) is 58.0 Å². The van der Waals surface area contributed by atoms with Gasteiger partial charge in [-0.3, -0.25) is 14.4 Å². The fourth-order valence-electron chi connectivity index (χ4n) is 2.56. The monoisotopic (exact) mass is 387 g/mol. The van der Waals surface area contributed by atoms with Gasteiger partial charge in [-0.1, -0.05) is 0 Å². The van der Waals surface area contributed by atoms with Crippen LogP contribution in [0.3, 0.4) is 0 Å². The number of aromatic nitrogens is 1. The molecule has 2 aromatic rings. The van der Waals surface area contributed by atoms with Crippen LogP contribution in [-0.4, -0.2) is 36.6 Å². The van der Waals surface area contributed by atoms with E-state index in [1.54, 1.807) is 31.2 Å². The Morgan fingerprint density at radius 2 is 1.79 bits per heavy atom. The first-order valence-electron chi connectivity index (χ1n) is 9.10. The number of carbonyl (C=O) groups is 2. The van der Waals surface area contributed by atoms with Gasteiger partial charge in [-0.05, 0) is 50.6 Å². The second kappa shape index (κ2) is 10.1. The summed E-state index contributed by atoms with van der Waals surface area (Å²) in [5, 5.41) is 5.31. The lowest BCUT2D eigenvalue weighted by atomic mass is 10.1. The van der Waals surface area contributed by atoms with Gasteiger partial charge < -0.3 is 25.1 Å². The first kappa shape index (κ1) is 21.0. The van der Waals surface area contributed by atoms with Crippen LogP contribution in [0.1, 0.15) is 42.7 Å². The summed E-state index contributed by atoms with van der Waals surface area (Å²) in [5.74, 6) is 0.273. The highest BCUT2D eigenvalue weighted by atomic mass is 16.5. The highest BCUT2D eigenvalue weighted by Gasteiger charge is 2.14. The summed E-state index contributed by atoms with van der Waals surface area (Å²) in [7, 11) is 0. The summed E-state index contributed by atoms with van der Waals surface area (Å²) in [6, 6.07) is 7.62. The van der Waals surface area contributed by atoms with Gasteiger partial charge in [0.05, 0.1) is 25.8 Å². The van der Waals surface area contributed by atoms with E-state index in [0.29, 0.717) is 35.8 Å². The van der Waals surface area contributed by atoms with Gasteiger partial charge in [0.2, 0.25) is 11.5 Å². The largest absolute Gasteiger partial charge is 0.490 e. The van der Waals surface area contributed by atoms with Crippen molar-refractivity contribution >= 4 is 11.8 Å². The molecular weight excluding hydrogens is 362 g/mol. The molecule has 0 aliphatic heterocycles. The normalized spacial score (nSPS) is 11.4. The average molecular weight is 387 g/mol. The van der Waals surface area contributed by atoms with Gasteiger partial charge in [0.15, 0.2) is 11.5 Å². The number of aromatic amines is 1. The average Bonchev–Trinajstić information content (AvgIpc) is 2.67. The predicted octanol–water partition coefficient (Wildman–Crippen LogP) is 1.78. The topological polar surface area (TPSA) is 110 Å². The van der Waals surface area contributed by atoms with Crippen molar-refractivity contribution in [3.8, 4) is 11.5 Å². The number of pyridine rings is 1. The Labute approximate surface area is 163 Å². The van der Waals surface area contributed by atoms with E-state index in [4.69, 9.17) is 9.47 Å². The highest BCUT2D eigenvalue weighted by molar-refractivity contribution is 5.97. The molecule has 0 spiro atoms. The number of nitrogens with one attached hydrogen (secondary N) is 3. The van der Waals surface area contributed by atoms with Crippen LogP contribution in [0.5, 0.6) is 11.5 Å². The Bertz CT molecular complexity index is 878. The maximum absolute atomic E-state index is 12.3. The van der Waals surface area contributed by atoms with Crippen LogP contribution in [0.2, 0.25) is 0 Å². The molecule has 1 atom stereocenters. The van der Waals surface area contributed by atoms with E-state index in [1.165, 1.54) is 12.3 Å². The molecular formula is C20H25N3O5. The van der Waals surface area contributed by atoms with Crippen molar-refractivity contribution in [2.45, 2.75) is 26.8 Å². The van der Waals surface area contributed by atoms with Gasteiger partial charge in [-0.25, -0.2) is 0 Å². The number of hydrogen-bond donors (Lipinski definition) is 3. The molecule has 3 N–H and O–H groups in total. The van der Waals surface area contributed by atoms with E-state index in [9.17, 15) is 14.4 Å². The molecule has 1 aromatic carbocycles. The Hall–Kier alpha value is -3.29. The number of carbonyl (C=O) groups excluding carboxylic acids is 2. The molecule has 2 amide bonds. The fraction of sp³-hybridized carbons (Fsp3) is 0.350. The zero-order valence-corrected chi connectivity index (χ0v) is 16.2.